The van der Waals surface area contributed by atoms with Gasteiger partial charge in [0.1, 0.15) is 30.1 Å². The second-order valence-corrected chi connectivity index (χ2v) is 5.11. The molecule has 1 saturated heterocycles. The zero-order valence-corrected chi connectivity index (χ0v) is 12.4. The Hall–Kier alpha value is -1.55. The summed E-state index contributed by atoms with van der Waals surface area (Å²) in [6, 6.07) is -1.21. The quantitative estimate of drug-likeness (QED) is 0.406. The topological polar surface area (TPSA) is 142 Å². The molecule has 9 nitrogen and oxygen atoms in total. The molecule has 0 radical (unpaired) electrons. The van der Waals surface area contributed by atoms with Crippen molar-refractivity contribution in [3.05, 3.63) is 0 Å². The molecule has 0 spiro atoms. The lowest BCUT2D eigenvalue weighted by Crippen LogP contribution is -2.65. The Morgan fingerprint density at radius 3 is 2.27 bits per heavy atom. The number of Topliss-reactive ketones (excluding diaryl/α,β-unsaturated/α-hetero) is 1. The largest absolute Gasteiger partial charge is 0.434 e. The molecule has 0 saturated carbocycles. The molecule has 1 aliphatic heterocycles. The van der Waals surface area contributed by atoms with Gasteiger partial charge in [0.25, 0.3) is 0 Å². The van der Waals surface area contributed by atoms with Gasteiger partial charge in [0.15, 0.2) is 0 Å². The van der Waals surface area contributed by atoms with Crippen molar-refractivity contribution in [2.75, 3.05) is 6.61 Å². The highest BCUT2D eigenvalue weighted by atomic mass is 16.7. The van der Waals surface area contributed by atoms with Crippen molar-refractivity contribution in [1.29, 1.82) is 0 Å². The first-order valence-electron chi connectivity index (χ1n) is 6.84. The lowest BCUT2D eigenvalue weighted by molar-refractivity contribution is -0.262. The zero-order chi connectivity index (χ0) is 16.9. The Morgan fingerprint density at radius 2 is 1.77 bits per heavy atom. The van der Waals surface area contributed by atoms with Crippen LogP contribution >= 0.6 is 0 Å². The highest BCUT2D eigenvalue weighted by molar-refractivity contribution is 5.83. The predicted molar refractivity (Wildman–Crippen MR) is 71.4 cm³/mol. The molecule has 0 aromatic heterocycles. The van der Waals surface area contributed by atoms with E-state index >= 15 is 0 Å². The van der Waals surface area contributed by atoms with E-state index in [0.29, 0.717) is 0 Å². The Morgan fingerprint density at radius 1 is 1.14 bits per heavy atom. The van der Waals surface area contributed by atoms with Gasteiger partial charge in [-0.1, -0.05) is 0 Å². The van der Waals surface area contributed by atoms with Crippen LogP contribution in [0, 0.1) is 0 Å². The molecule has 0 aromatic carbocycles. The molecule has 1 aliphatic rings. The van der Waals surface area contributed by atoms with Crippen LogP contribution in [0.1, 0.15) is 26.7 Å². The summed E-state index contributed by atoms with van der Waals surface area (Å²) in [5.41, 5.74) is 0. The van der Waals surface area contributed by atoms with Crippen LogP contribution in [0.5, 0.6) is 0 Å². The number of esters is 1. The number of hydrogen-bond acceptors (Lipinski definition) is 8. The number of rotatable bonds is 6. The average Bonchev–Trinajstić information content (AvgIpc) is 2.44. The highest BCUT2D eigenvalue weighted by Crippen LogP contribution is 2.22. The van der Waals surface area contributed by atoms with Gasteiger partial charge in [-0.25, -0.2) is 0 Å². The van der Waals surface area contributed by atoms with Gasteiger partial charge in [0, 0.05) is 19.8 Å². The molecule has 22 heavy (non-hydrogen) atoms. The van der Waals surface area contributed by atoms with E-state index in [1.165, 1.54) is 6.92 Å². The van der Waals surface area contributed by atoms with Crippen LogP contribution in [-0.4, -0.2) is 70.2 Å². The maximum absolute atomic E-state index is 11.7. The molecule has 1 amide bonds. The number of carbonyl (C=O) groups excluding carboxylic acids is 3. The summed E-state index contributed by atoms with van der Waals surface area (Å²) >= 11 is 0. The van der Waals surface area contributed by atoms with Gasteiger partial charge >= 0.3 is 5.97 Å². The molecule has 1 fully saturated rings. The van der Waals surface area contributed by atoms with E-state index in [0.717, 1.165) is 6.92 Å². The van der Waals surface area contributed by atoms with Gasteiger partial charge < -0.3 is 34.9 Å². The molecule has 0 bridgehead atoms. The minimum Gasteiger partial charge on any atom is -0.434 e. The van der Waals surface area contributed by atoms with Crippen molar-refractivity contribution < 1.29 is 39.2 Å². The van der Waals surface area contributed by atoms with E-state index in [1.807, 2.05) is 0 Å². The fourth-order valence-electron chi connectivity index (χ4n) is 2.05. The number of aliphatic hydroxyl groups excluding tert-OH is 3. The van der Waals surface area contributed by atoms with Crippen LogP contribution in [0.2, 0.25) is 0 Å². The van der Waals surface area contributed by atoms with Crippen molar-refractivity contribution >= 4 is 17.7 Å². The van der Waals surface area contributed by atoms with Gasteiger partial charge in [0.05, 0.1) is 6.61 Å². The first kappa shape index (κ1) is 18.5. The third kappa shape index (κ3) is 5.02. The van der Waals surface area contributed by atoms with E-state index in [4.69, 9.17) is 14.6 Å². The summed E-state index contributed by atoms with van der Waals surface area (Å²) in [5, 5.41) is 31.3. The molecule has 9 heteroatoms. The van der Waals surface area contributed by atoms with Crippen LogP contribution in [0.3, 0.4) is 0 Å². The lowest BCUT2D eigenvalue weighted by Gasteiger charge is -2.41. The fraction of sp³-hybridized carbons (Fsp3) is 0.769. The van der Waals surface area contributed by atoms with E-state index in [9.17, 15) is 24.6 Å². The summed E-state index contributed by atoms with van der Waals surface area (Å²) in [7, 11) is 0. The zero-order valence-electron chi connectivity index (χ0n) is 12.4. The Labute approximate surface area is 127 Å². The van der Waals surface area contributed by atoms with Crippen molar-refractivity contribution in [2.24, 2.45) is 0 Å². The molecule has 0 aromatic rings. The summed E-state index contributed by atoms with van der Waals surface area (Å²) in [5.74, 6) is -1.45. The second kappa shape index (κ2) is 8.18. The van der Waals surface area contributed by atoms with Crippen molar-refractivity contribution in [3.8, 4) is 0 Å². The van der Waals surface area contributed by atoms with Gasteiger partial charge in [-0.3, -0.25) is 9.59 Å². The average molecular weight is 319 g/mol. The summed E-state index contributed by atoms with van der Waals surface area (Å²) in [6.45, 7) is 1.85. The molecule has 126 valence electrons. The standard InChI is InChI=1S/C13H21NO8/c1-6(16)3-4-9(18)14-10-12(20)11(19)8(5-15)22-13(10)21-7(2)17/h8,10-13,15,19-20H,3-5H2,1-2H3,(H,14,18)/t8?,10?,11-,12?,13?/m1/s1. The van der Waals surface area contributed by atoms with Gasteiger partial charge in [-0.2, -0.15) is 0 Å². The highest BCUT2D eigenvalue weighted by Gasteiger charge is 2.46. The molecule has 4 N–H and O–H groups in total. The summed E-state index contributed by atoms with van der Waals surface area (Å²) in [4.78, 5) is 33.7. The van der Waals surface area contributed by atoms with Crippen molar-refractivity contribution in [2.45, 2.75) is 57.3 Å². The third-order valence-corrected chi connectivity index (χ3v) is 3.19. The van der Waals surface area contributed by atoms with Gasteiger partial charge in [0.2, 0.25) is 12.2 Å². The smallest absolute Gasteiger partial charge is 0.305 e. The SMILES string of the molecule is CC(=O)CCC(=O)NC1C(OC(C)=O)OC(CO)[C@@H](O)C1O. The molecule has 1 rings (SSSR count). The first-order chi connectivity index (χ1) is 10.3. The van der Waals surface area contributed by atoms with Gasteiger partial charge in [-0.05, 0) is 6.92 Å². The Bertz CT molecular complexity index is 426. The number of ether oxygens (including phenoxy) is 2. The Balaban J connectivity index is 2.78. The van der Waals surface area contributed by atoms with E-state index in [1.54, 1.807) is 0 Å². The second-order valence-electron chi connectivity index (χ2n) is 5.11. The predicted octanol–water partition coefficient (Wildman–Crippen LogP) is -2.16. The third-order valence-electron chi connectivity index (χ3n) is 3.19. The molecule has 1 heterocycles. The fourth-order valence-corrected chi connectivity index (χ4v) is 2.05. The molecular weight excluding hydrogens is 298 g/mol. The molecule has 5 atom stereocenters. The number of hydrogen-bond donors (Lipinski definition) is 4. The number of carbonyl (C=O) groups is 3. The van der Waals surface area contributed by atoms with Crippen LogP contribution in [0.4, 0.5) is 0 Å². The summed E-state index contributed by atoms with van der Waals surface area (Å²) in [6.07, 6.45) is -5.55. The van der Waals surface area contributed by atoms with Crippen LogP contribution < -0.4 is 5.32 Å². The van der Waals surface area contributed by atoms with Crippen molar-refractivity contribution in [3.63, 3.8) is 0 Å². The van der Waals surface area contributed by atoms with Crippen LogP contribution in [0.15, 0.2) is 0 Å². The van der Waals surface area contributed by atoms with Crippen LogP contribution in [-0.2, 0) is 23.9 Å². The number of amides is 1. The Kier molecular flexibility index (Phi) is 6.88. The number of aliphatic hydroxyl groups is 3. The maximum atomic E-state index is 11.7. The monoisotopic (exact) mass is 319 g/mol. The van der Waals surface area contributed by atoms with E-state index in [2.05, 4.69) is 5.32 Å². The minimum atomic E-state index is -1.50. The van der Waals surface area contributed by atoms with E-state index in [-0.39, 0.29) is 18.6 Å². The normalized spacial score (nSPS) is 31.4. The first-order valence-corrected chi connectivity index (χ1v) is 6.84. The minimum absolute atomic E-state index is 0.0234. The van der Waals surface area contributed by atoms with Crippen molar-refractivity contribution in [1.82, 2.24) is 5.32 Å². The molecule has 0 aliphatic carbocycles. The molecular formula is C13H21NO8. The van der Waals surface area contributed by atoms with Crippen LogP contribution in [0.25, 0.3) is 0 Å². The summed E-state index contributed by atoms with van der Waals surface area (Å²) < 4.78 is 10.0. The number of nitrogens with one attached hydrogen (secondary N) is 1. The van der Waals surface area contributed by atoms with E-state index < -0.39 is 49.1 Å². The molecule has 4 unspecified atom stereocenters. The maximum Gasteiger partial charge on any atom is 0.305 e. The lowest BCUT2D eigenvalue weighted by atomic mass is 9.96. The number of ketones is 1. The van der Waals surface area contributed by atoms with Gasteiger partial charge in [-0.15, -0.1) is 0 Å².